The van der Waals surface area contributed by atoms with Crippen LogP contribution in [0.15, 0.2) is 48.5 Å². The van der Waals surface area contributed by atoms with Gasteiger partial charge in [-0.3, -0.25) is 9.10 Å². The Labute approximate surface area is 171 Å². The van der Waals surface area contributed by atoms with Crippen molar-refractivity contribution in [3.05, 3.63) is 59.1 Å². The molecule has 2 aromatic carbocycles. The molecule has 1 N–H and O–H groups in total. The quantitative estimate of drug-likeness (QED) is 0.591. The summed E-state index contributed by atoms with van der Waals surface area (Å²) in [6.45, 7) is 2.72. The molecule has 0 fully saturated rings. The summed E-state index contributed by atoms with van der Waals surface area (Å²) < 4.78 is 31.3. The molecule has 6 nitrogen and oxygen atoms in total. The minimum Gasteiger partial charge on any atom is -0.484 e. The monoisotopic (exact) mass is 424 g/mol. The van der Waals surface area contributed by atoms with Gasteiger partial charge in [0, 0.05) is 11.6 Å². The first-order chi connectivity index (χ1) is 13.3. The lowest BCUT2D eigenvalue weighted by atomic mass is 10.2. The van der Waals surface area contributed by atoms with E-state index in [1.807, 2.05) is 6.07 Å². The summed E-state index contributed by atoms with van der Waals surface area (Å²) in [6, 6.07) is 13.7. The minimum absolute atomic E-state index is 0.0848. The summed E-state index contributed by atoms with van der Waals surface area (Å²) >= 11 is 6.17. The SMILES string of the molecule is CCCCNC(=O)COc1ccc(N(Cc2ccccc2Cl)S(C)(=O)=O)cc1. The van der Waals surface area contributed by atoms with Gasteiger partial charge in [0.15, 0.2) is 6.61 Å². The fourth-order valence-electron chi connectivity index (χ4n) is 2.49. The smallest absolute Gasteiger partial charge is 0.257 e. The molecule has 1 amide bonds. The van der Waals surface area contributed by atoms with Crippen LogP contribution in [0.2, 0.25) is 5.02 Å². The van der Waals surface area contributed by atoms with E-state index >= 15 is 0 Å². The van der Waals surface area contributed by atoms with E-state index in [0.717, 1.165) is 19.1 Å². The van der Waals surface area contributed by atoms with E-state index in [4.69, 9.17) is 16.3 Å². The molecule has 0 saturated carbocycles. The van der Waals surface area contributed by atoms with Crippen molar-refractivity contribution in [3.8, 4) is 5.75 Å². The molecule has 28 heavy (non-hydrogen) atoms. The zero-order valence-electron chi connectivity index (χ0n) is 16.0. The van der Waals surface area contributed by atoms with Gasteiger partial charge in [-0.2, -0.15) is 0 Å². The maximum atomic E-state index is 12.3. The Hall–Kier alpha value is -2.25. The Morgan fingerprint density at radius 3 is 2.43 bits per heavy atom. The van der Waals surface area contributed by atoms with Crippen molar-refractivity contribution < 1.29 is 17.9 Å². The highest BCUT2D eigenvalue weighted by molar-refractivity contribution is 7.92. The molecule has 0 aliphatic rings. The summed E-state index contributed by atoms with van der Waals surface area (Å²) in [5.41, 5.74) is 1.20. The molecule has 0 saturated heterocycles. The summed E-state index contributed by atoms with van der Waals surface area (Å²) in [6.07, 6.45) is 3.08. The maximum absolute atomic E-state index is 12.3. The minimum atomic E-state index is -3.51. The predicted molar refractivity (Wildman–Crippen MR) is 112 cm³/mol. The van der Waals surface area contributed by atoms with Crippen molar-refractivity contribution in [2.75, 3.05) is 23.7 Å². The van der Waals surface area contributed by atoms with Crippen LogP contribution in [0.1, 0.15) is 25.3 Å². The average Bonchev–Trinajstić information content (AvgIpc) is 2.65. The second-order valence-electron chi connectivity index (χ2n) is 6.35. The number of rotatable bonds is 10. The topological polar surface area (TPSA) is 75.7 Å². The van der Waals surface area contributed by atoms with Gasteiger partial charge in [0.2, 0.25) is 10.0 Å². The molecule has 2 rings (SSSR count). The number of hydrogen-bond acceptors (Lipinski definition) is 4. The molecule has 0 aromatic heterocycles. The van der Waals surface area contributed by atoms with Crippen molar-refractivity contribution in [2.24, 2.45) is 0 Å². The van der Waals surface area contributed by atoms with E-state index in [-0.39, 0.29) is 19.1 Å². The summed E-state index contributed by atoms with van der Waals surface area (Å²) in [7, 11) is -3.51. The van der Waals surface area contributed by atoms with E-state index in [0.29, 0.717) is 28.6 Å². The summed E-state index contributed by atoms with van der Waals surface area (Å²) in [5, 5.41) is 3.28. The van der Waals surface area contributed by atoms with Gasteiger partial charge in [-0.05, 0) is 42.3 Å². The second-order valence-corrected chi connectivity index (χ2v) is 8.66. The van der Waals surface area contributed by atoms with Crippen molar-refractivity contribution in [3.63, 3.8) is 0 Å². The standard InChI is InChI=1S/C20H25ClN2O4S/c1-3-4-13-22-20(24)15-27-18-11-9-17(10-12-18)23(28(2,25)26)14-16-7-5-6-8-19(16)21/h5-12H,3-4,13-15H2,1-2H3,(H,22,24). The average molecular weight is 425 g/mol. The second kappa shape index (κ2) is 10.3. The maximum Gasteiger partial charge on any atom is 0.257 e. The van der Waals surface area contributed by atoms with Crippen LogP contribution < -0.4 is 14.4 Å². The number of carbonyl (C=O) groups is 1. The first-order valence-corrected chi connectivity index (χ1v) is 11.2. The number of unbranched alkanes of at least 4 members (excludes halogenated alkanes) is 1. The number of nitrogens with zero attached hydrogens (tertiary/aromatic N) is 1. The molecule has 0 aliphatic heterocycles. The van der Waals surface area contributed by atoms with Crippen LogP contribution in [-0.2, 0) is 21.4 Å². The van der Waals surface area contributed by atoms with Crippen molar-refractivity contribution in [1.29, 1.82) is 0 Å². The number of anilines is 1. The molecular formula is C20H25ClN2O4S. The van der Waals surface area contributed by atoms with Crippen LogP contribution in [0.25, 0.3) is 0 Å². The fourth-order valence-corrected chi connectivity index (χ4v) is 3.57. The van der Waals surface area contributed by atoms with E-state index < -0.39 is 10.0 Å². The Morgan fingerprint density at radius 2 is 1.82 bits per heavy atom. The lowest BCUT2D eigenvalue weighted by Gasteiger charge is -2.23. The van der Waals surface area contributed by atoms with Crippen LogP contribution in [0.5, 0.6) is 5.75 Å². The molecule has 8 heteroatoms. The number of carbonyl (C=O) groups excluding carboxylic acids is 1. The highest BCUT2D eigenvalue weighted by Gasteiger charge is 2.19. The van der Waals surface area contributed by atoms with Crippen LogP contribution >= 0.6 is 11.6 Å². The van der Waals surface area contributed by atoms with Gasteiger partial charge in [0.1, 0.15) is 5.75 Å². The van der Waals surface area contributed by atoms with E-state index in [1.54, 1.807) is 42.5 Å². The number of ether oxygens (including phenoxy) is 1. The van der Waals surface area contributed by atoms with Gasteiger partial charge < -0.3 is 10.1 Å². The molecule has 2 aromatic rings. The third kappa shape index (κ3) is 6.73. The molecule has 0 radical (unpaired) electrons. The molecule has 0 atom stereocenters. The number of halogens is 1. The number of sulfonamides is 1. The highest BCUT2D eigenvalue weighted by Crippen LogP contribution is 2.26. The number of nitrogens with one attached hydrogen (secondary N) is 1. The van der Waals surface area contributed by atoms with Crippen LogP contribution in [-0.4, -0.2) is 33.7 Å². The molecule has 152 valence electrons. The number of hydrogen-bond donors (Lipinski definition) is 1. The largest absolute Gasteiger partial charge is 0.484 e. The van der Waals surface area contributed by atoms with E-state index in [9.17, 15) is 13.2 Å². The molecule has 0 spiro atoms. The lowest BCUT2D eigenvalue weighted by Crippen LogP contribution is -2.30. The van der Waals surface area contributed by atoms with Gasteiger partial charge in [-0.25, -0.2) is 8.42 Å². The van der Waals surface area contributed by atoms with Gasteiger partial charge in [0.05, 0.1) is 18.5 Å². The van der Waals surface area contributed by atoms with Crippen LogP contribution in [0, 0.1) is 0 Å². The van der Waals surface area contributed by atoms with Crippen molar-refractivity contribution in [1.82, 2.24) is 5.32 Å². The Balaban J connectivity index is 2.06. The summed E-state index contributed by atoms with van der Waals surface area (Å²) in [5.74, 6) is 0.301. The molecule has 0 bridgehead atoms. The van der Waals surface area contributed by atoms with Gasteiger partial charge >= 0.3 is 0 Å². The third-order valence-corrected chi connectivity index (χ3v) is 5.53. The molecule has 0 unspecified atom stereocenters. The first-order valence-electron chi connectivity index (χ1n) is 9.02. The van der Waals surface area contributed by atoms with Crippen LogP contribution in [0.3, 0.4) is 0 Å². The normalized spacial score (nSPS) is 11.1. The Bertz CT molecular complexity index is 885. The lowest BCUT2D eigenvalue weighted by molar-refractivity contribution is -0.123. The fraction of sp³-hybridized carbons (Fsp3) is 0.350. The van der Waals surface area contributed by atoms with Gasteiger partial charge in [-0.15, -0.1) is 0 Å². The summed E-state index contributed by atoms with van der Waals surface area (Å²) in [4.78, 5) is 11.7. The van der Waals surface area contributed by atoms with Crippen LogP contribution in [0.4, 0.5) is 5.69 Å². The molecule has 0 heterocycles. The zero-order valence-corrected chi connectivity index (χ0v) is 17.6. The van der Waals surface area contributed by atoms with E-state index in [2.05, 4.69) is 12.2 Å². The van der Waals surface area contributed by atoms with Gasteiger partial charge in [0.25, 0.3) is 5.91 Å². The predicted octanol–water partition coefficient (Wildman–Crippen LogP) is 3.60. The molecule has 0 aliphatic carbocycles. The highest BCUT2D eigenvalue weighted by atomic mass is 35.5. The third-order valence-electron chi connectivity index (χ3n) is 4.02. The van der Waals surface area contributed by atoms with Gasteiger partial charge in [-0.1, -0.05) is 43.1 Å². The Morgan fingerprint density at radius 1 is 1.14 bits per heavy atom. The first kappa shape index (κ1) is 22.0. The number of benzene rings is 2. The van der Waals surface area contributed by atoms with Crippen molar-refractivity contribution >= 4 is 33.2 Å². The van der Waals surface area contributed by atoms with Crippen molar-refractivity contribution in [2.45, 2.75) is 26.3 Å². The zero-order chi connectivity index (χ0) is 20.6. The number of amides is 1. The molecular weight excluding hydrogens is 400 g/mol. The Kier molecular flexibility index (Phi) is 8.14. The van der Waals surface area contributed by atoms with E-state index in [1.165, 1.54) is 4.31 Å².